The molecule has 1 heterocycles. The molecule has 0 aliphatic heterocycles. The molecule has 15 heavy (non-hydrogen) atoms. The van der Waals surface area contributed by atoms with Crippen LogP contribution >= 0.6 is 0 Å². The van der Waals surface area contributed by atoms with Gasteiger partial charge < -0.3 is 5.32 Å². The Morgan fingerprint density at radius 1 is 1.33 bits per heavy atom. The van der Waals surface area contributed by atoms with Crippen molar-refractivity contribution in [2.24, 2.45) is 11.8 Å². The lowest BCUT2D eigenvalue weighted by molar-refractivity contribution is 0.435. The molecule has 1 aliphatic carbocycles. The third-order valence-corrected chi connectivity index (χ3v) is 3.59. The van der Waals surface area contributed by atoms with Crippen molar-refractivity contribution < 1.29 is 0 Å². The van der Waals surface area contributed by atoms with Crippen LogP contribution in [0.15, 0.2) is 12.3 Å². The maximum atomic E-state index is 4.10. The topological polar surface area (TPSA) is 37.8 Å². The molecule has 3 nitrogen and oxygen atoms in total. The molecular formula is C12H19N3. The lowest BCUT2D eigenvalue weighted by Gasteiger charge is -2.19. The predicted octanol–water partition coefficient (Wildman–Crippen LogP) is 2.63. The van der Waals surface area contributed by atoms with Gasteiger partial charge in [0.15, 0.2) is 0 Å². The fourth-order valence-corrected chi connectivity index (χ4v) is 2.29. The highest BCUT2D eigenvalue weighted by atomic mass is 15.2. The average molecular weight is 205 g/mol. The molecule has 1 N–H and O–H groups in total. The van der Waals surface area contributed by atoms with Crippen LogP contribution in [0.2, 0.25) is 0 Å². The zero-order chi connectivity index (χ0) is 10.8. The average Bonchev–Trinajstić information content (AvgIpc) is 2.50. The number of hydrogen-bond acceptors (Lipinski definition) is 3. The van der Waals surface area contributed by atoms with Gasteiger partial charge in [0.05, 0.1) is 6.20 Å². The predicted molar refractivity (Wildman–Crippen MR) is 61.7 cm³/mol. The summed E-state index contributed by atoms with van der Waals surface area (Å²) in [5.41, 5.74) is 1.16. The van der Waals surface area contributed by atoms with Gasteiger partial charge >= 0.3 is 0 Å². The van der Waals surface area contributed by atoms with Gasteiger partial charge in [-0.1, -0.05) is 13.8 Å². The highest BCUT2D eigenvalue weighted by molar-refractivity contribution is 5.36. The van der Waals surface area contributed by atoms with E-state index in [1.807, 2.05) is 6.92 Å². The first kappa shape index (κ1) is 10.4. The molecular weight excluding hydrogens is 186 g/mol. The third-order valence-electron chi connectivity index (χ3n) is 3.59. The van der Waals surface area contributed by atoms with Crippen LogP contribution in [0, 0.1) is 18.8 Å². The molecule has 2 rings (SSSR count). The molecule has 1 saturated carbocycles. The third kappa shape index (κ3) is 2.28. The van der Waals surface area contributed by atoms with Crippen molar-refractivity contribution in [1.29, 1.82) is 0 Å². The minimum absolute atomic E-state index is 0.566. The van der Waals surface area contributed by atoms with Crippen molar-refractivity contribution in [2.45, 2.75) is 39.7 Å². The van der Waals surface area contributed by atoms with Gasteiger partial charge in [-0.05, 0) is 43.2 Å². The molecule has 0 bridgehead atoms. The van der Waals surface area contributed by atoms with Crippen LogP contribution in [0.5, 0.6) is 0 Å². The Morgan fingerprint density at radius 3 is 2.73 bits per heavy atom. The summed E-state index contributed by atoms with van der Waals surface area (Å²) in [5.74, 6) is 2.47. The molecule has 0 spiro atoms. The molecule has 0 radical (unpaired) electrons. The van der Waals surface area contributed by atoms with Gasteiger partial charge in [-0.15, -0.1) is 5.10 Å². The van der Waals surface area contributed by atoms with E-state index in [4.69, 9.17) is 0 Å². The van der Waals surface area contributed by atoms with Crippen LogP contribution in [0.4, 0.5) is 5.82 Å². The van der Waals surface area contributed by atoms with Crippen molar-refractivity contribution in [2.75, 3.05) is 5.32 Å². The van der Waals surface area contributed by atoms with Crippen LogP contribution in [0.1, 0.15) is 32.3 Å². The summed E-state index contributed by atoms with van der Waals surface area (Å²) >= 11 is 0. The van der Waals surface area contributed by atoms with E-state index in [2.05, 4.69) is 35.4 Å². The number of hydrogen-bond donors (Lipinski definition) is 1. The number of aromatic nitrogens is 2. The van der Waals surface area contributed by atoms with E-state index in [1.165, 1.54) is 12.8 Å². The highest BCUT2D eigenvalue weighted by Crippen LogP contribution is 2.32. The van der Waals surface area contributed by atoms with Crippen molar-refractivity contribution in [3.05, 3.63) is 17.8 Å². The first-order chi connectivity index (χ1) is 7.16. The van der Waals surface area contributed by atoms with Gasteiger partial charge in [-0.25, -0.2) is 0 Å². The largest absolute Gasteiger partial charge is 0.366 e. The van der Waals surface area contributed by atoms with E-state index in [-0.39, 0.29) is 0 Å². The number of aryl methyl sites for hydroxylation is 1. The minimum Gasteiger partial charge on any atom is -0.366 e. The Hall–Kier alpha value is -1.12. The zero-order valence-electron chi connectivity index (χ0n) is 9.70. The van der Waals surface area contributed by atoms with Crippen LogP contribution < -0.4 is 5.32 Å². The van der Waals surface area contributed by atoms with E-state index in [0.29, 0.717) is 6.04 Å². The molecule has 1 aliphatic rings. The second kappa shape index (κ2) is 4.17. The van der Waals surface area contributed by atoms with Gasteiger partial charge in [0.25, 0.3) is 0 Å². The lowest BCUT2D eigenvalue weighted by Crippen LogP contribution is -2.24. The fourth-order valence-electron chi connectivity index (χ4n) is 2.29. The Morgan fingerprint density at radius 2 is 2.13 bits per heavy atom. The van der Waals surface area contributed by atoms with Gasteiger partial charge in [0, 0.05) is 6.04 Å². The SMILES string of the molecule is Cc1cnnc(NC2CCC(C)C2C)c1. The van der Waals surface area contributed by atoms with Gasteiger partial charge in [0.2, 0.25) is 0 Å². The van der Waals surface area contributed by atoms with Crippen molar-refractivity contribution in [3.63, 3.8) is 0 Å². The molecule has 3 atom stereocenters. The smallest absolute Gasteiger partial charge is 0.149 e. The van der Waals surface area contributed by atoms with Crippen LogP contribution in [0.3, 0.4) is 0 Å². The number of nitrogens with zero attached hydrogens (tertiary/aromatic N) is 2. The van der Waals surface area contributed by atoms with E-state index in [9.17, 15) is 0 Å². The molecule has 3 unspecified atom stereocenters. The van der Waals surface area contributed by atoms with E-state index >= 15 is 0 Å². The molecule has 82 valence electrons. The second-order valence-electron chi connectivity index (χ2n) is 4.78. The van der Waals surface area contributed by atoms with E-state index in [1.54, 1.807) is 6.20 Å². The monoisotopic (exact) mass is 205 g/mol. The second-order valence-corrected chi connectivity index (χ2v) is 4.78. The molecule has 1 fully saturated rings. The number of nitrogens with one attached hydrogen (secondary N) is 1. The summed E-state index contributed by atoms with van der Waals surface area (Å²) < 4.78 is 0. The maximum absolute atomic E-state index is 4.10. The highest BCUT2D eigenvalue weighted by Gasteiger charge is 2.29. The molecule has 1 aromatic rings. The summed E-state index contributed by atoms with van der Waals surface area (Å²) in [6.45, 7) is 6.69. The Kier molecular flexibility index (Phi) is 2.89. The van der Waals surface area contributed by atoms with Crippen LogP contribution in [-0.4, -0.2) is 16.2 Å². The van der Waals surface area contributed by atoms with Gasteiger partial charge in [-0.3, -0.25) is 0 Å². The van der Waals surface area contributed by atoms with Gasteiger partial charge in [0.1, 0.15) is 5.82 Å². The molecule has 1 aromatic heterocycles. The molecule has 0 aromatic carbocycles. The maximum Gasteiger partial charge on any atom is 0.149 e. The number of anilines is 1. The van der Waals surface area contributed by atoms with E-state index in [0.717, 1.165) is 23.2 Å². The first-order valence-electron chi connectivity index (χ1n) is 5.72. The first-order valence-corrected chi connectivity index (χ1v) is 5.72. The Balaban J connectivity index is 2.03. The summed E-state index contributed by atoms with van der Waals surface area (Å²) in [4.78, 5) is 0. The molecule has 0 saturated heterocycles. The van der Waals surface area contributed by atoms with Crippen molar-refractivity contribution in [3.8, 4) is 0 Å². The van der Waals surface area contributed by atoms with Gasteiger partial charge in [-0.2, -0.15) is 5.10 Å². The normalized spacial score (nSPS) is 30.5. The van der Waals surface area contributed by atoms with E-state index < -0.39 is 0 Å². The minimum atomic E-state index is 0.566. The summed E-state index contributed by atoms with van der Waals surface area (Å²) in [6, 6.07) is 2.62. The summed E-state index contributed by atoms with van der Waals surface area (Å²) in [7, 11) is 0. The van der Waals surface area contributed by atoms with Crippen LogP contribution in [0.25, 0.3) is 0 Å². The fraction of sp³-hybridized carbons (Fsp3) is 0.667. The Bertz CT molecular complexity index is 337. The quantitative estimate of drug-likeness (QED) is 0.806. The lowest BCUT2D eigenvalue weighted by atomic mass is 9.98. The van der Waals surface area contributed by atoms with Crippen molar-refractivity contribution >= 4 is 5.82 Å². The zero-order valence-corrected chi connectivity index (χ0v) is 9.70. The molecule has 3 heteroatoms. The standard InChI is InChI=1S/C12H19N3/c1-8-6-12(15-13-7-8)14-11-5-4-9(2)10(11)3/h6-7,9-11H,4-5H2,1-3H3,(H,14,15). The summed E-state index contributed by atoms with van der Waals surface area (Å²) in [6.07, 6.45) is 4.35. The number of rotatable bonds is 2. The summed E-state index contributed by atoms with van der Waals surface area (Å²) in [5, 5.41) is 11.5. The van der Waals surface area contributed by atoms with Crippen LogP contribution in [-0.2, 0) is 0 Å². The molecule has 0 amide bonds. The van der Waals surface area contributed by atoms with Crippen molar-refractivity contribution in [1.82, 2.24) is 10.2 Å². The Labute approximate surface area is 91.3 Å².